The Balaban J connectivity index is 1.82. The van der Waals surface area contributed by atoms with Crippen molar-refractivity contribution in [3.63, 3.8) is 0 Å². The molecule has 6 heteroatoms. The van der Waals surface area contributed by atoms with Crippen LogP contribution in [0.5, 0.6) is 0 Å². The van der Waals surface area contributed by atoms with Gasteiger partial charge in [-0.25, -0.2) is 8.78 Å². The molecule has 2 N–H and O–H groups in total. The fourth-order valence-electron chi connectivity index (χ4n) is 2.70. The second kappa shape index (κ2) is 7.95. The van der Waals surface area contributed by atoms with Crippen LogP contribution in [-0.2, 0) is 0 Å². The third kappa shape index (κ3) is 4.28. The van der Waals surface area contributed by atoms with Crippen molar-refractivity contribution in [3.8, 4) is 0 Å². The number of nitrogens with zero attached hydrogens (tertiary/aromatic N) is 1. The summed E-state index contributed by atoms with van der Waals surface area (Å²) < 4.78 is 27.6. The fourth-order valence-corrected chi connectivity index (χ4v) is 2.70. The van der Waals surface area contributed by atoms with Gasteiger partial charge in [0, 0.05) is 11.9 Å². The maximum atomic E-state index is 13.8. The van der Waals surface area contributed by atoms with E-state index in [1.54, 1.807) is 0 Å². The van der Waals surface area contributed by atoms with Gasteiger partial charge in [0.1, 0.15) is 17.3 Å². The molecule has 1 heterocycles. The molecule has 0 unspecified atom stereocenters. The van der Waals surface area contributed by atoms with Crippen LogP contribution in [0.2, 0.25) is 0 Å². The van der Waals surface area contributed by atoms with Crippen LogP contribution in [0.3, 0.4) is 0 Å². The van der Waals surface area contributed by atoms with Crippen LogP contribution in [0.25, 0.3) is 0 Å². The Bertz CT molecular complexity index is 953. The number of carbonyl (C=O) groups excluding carboxylic acids is 1. The van der Waals surface area contributed by atoms with Crippen LogP contribution in [0.4, 0.5) is 25.8 Å². The van der Waals surface area contributed by atoms with Crippen molar-refractivity contribution in [2.24, 2.45) is 0 Å². The summed E-state index contributed by atoms with van der Waals surface area (Å²) in [5.41, 5.74) is 2.03. The van der Waals surface area contributed by atoms with Gasteiger partial charge in [-0.05, 0) is 35.7 Å². The summed E-state index contributed by atoms with van der Waals surface area (Å²) in [7, 11) is 0. The first-order valence-corrected chi connectivity index (χ1v) is 8.52. The average Bonchev–Trinajstić information content (AvgIpc) is 2.65. The highest BCUT2D eigenvalue weighted by Crippen LogP contribution is 2.25. The normalized spacial score (nSPS) is 10.7. The van der Waals surface area contributed by atoms with Crippen LogP contribution in [0.15, 0.2) is 60.9 Å². The van der Waals surface area contributed by atoms with Crippen LogP contribution >= 0.6 is 0 Å². The van der Waals surface area contributed by atoms with Crippen molar-refractivity contribution in [3.05, 3.63) is 83.7 Å². The molecular formula is C21H19F2N3O. The largest absolute Gasteiger partial charge is 0.349 e. The molecule has 0 saturated carbocycles. The molecule has 0 saturated heterocycles. The lowest BCUT2D eigenvalue weighted by molar-refractivity contribution is 0.102. The SMILES string of the molecule is CC(C)c1ccccc1NC(=O)c1cncc(Nc2c(F)cccc2F)c1. The molecule has 0 aliphatic carbocycles. The van der Waals surface area contributed by atoms with E-state index in [-0.39, 0.29) is 23.1 Å². The lowest BCUT2D eigenvalue weighted by atomic mass is 10.0. The van der Waals surface area contributed by atoms with Crippen molar-refractivity contribution >= 4 is 23.0 Å². The third-order valence-electron chi connectivity index (χ3n) is 4.06. The zero-order valence-corrected chi connectivity index (χ0v) is 15.0. The van der Waals surface area contributed by atoms with Gasteiger partial charge in [0.15, 0.2) is 0 Å². The van der Waals surface area contributed by atoms with Gasteiger partial charge >= 0.3 is 0 Å². The molecule has 1 aromatic heterocycles. The number of pyridine rings is 1. The van der Waals surface area contributed by atoms with Gasteiger partial charge in [-0.1, -0.05) is 38.1 Å². The number of aromatic nitrogens is 1. The number of hydrogen-bond donors (Lipinski definition) is 2. The van der Waals surface area contributed by atoms with E-state index in [0.717, 1.165) is 23.4 Å². The first-order chi connectivity index (χ1) is 13.0. The van der Waals surface area contributed by atoms with Crippen LogP contribution in [0, 0.1) is 11.6 Å². The second-order valence-corrected chi connectivity index (χ2v) is 6.38. The van der Waals surface area contributed by atoms with Gasteiger partial charge in [-0.3, -0.25) is 9.78 Å². The Hall–Kier alpha value is -3.28. The molecule has 0 bridgehead atoms. The molecule has 138 valence electrons. The summed E-state index contributed by atoms with van der Waals surface area (Å²) >= 11 is 0. The van der Waals surface area contributed by atoms with Crippen molar-refractivity contribution in [2.45, 2.75) is 19.8 Å². The van der Waals surface area contributed by atoms with Crippen molar-refractivity contribution in [2.75, 3.05) is 10.6 Å². The maximum absolute atomic E-state index is 13.8. The van der Waals surface area contributed by atoms with Crippen LogP contribution in [-0.4, -0.2) is 10.9 Å². The molecule has 0 aliphatic rings. The van der Waals surface area contributed by atoms with E-state index in [0.29, 0.717) is 5.69 Å². The van der Waals surface area contributed by atoms with E-state index in [4.69, 9.17) is 0 Å². The number of para-hydroxylation sites is 2. The molecule has 3 rings (SSSR count). The summed E-state index contributed by atoms with van der Waals surface area (Å²) in [4.78, 5) is 16.6. The second-order valence-electron chi connectivity index (χ2n) is 6.38. The highest BCUT2D eigenvalue weighted by molar-refractivity contribution is 6.05. The average molecular weight is 367 g/mol. The molecule has 2 aromatic carbocycles. The molecule has 0 radical (unpaired) electrons. The number of rotatable bonds is 5. The number of benzene rings is 2. The highest BCUT2D eigenvalue weighted by Gasteiger charge is 2.13. The van der Waals surface area contributed by atoms with Gasteiger partial charge in [0.2, 0.25) is 0 Å². The Morgan fingerprint density at radius 2 is 1.70 bits per heavy atom. The summed E-state index contributed by atoms with van der Waals surface area (Å²) in [5, 5.41) is 5.50. The number of hydrogen-bond acceptors (Lipinski definition) is 3. The Kier molecular flexibility index (Phi) is 5.45. The predicted octanol–water partition coefficient (Wildman–Crippen LogP) is 5.48. The van der Waals surface area contributed by atoms with E-state index in [1.807, 2.05) is 38.1 Å². The topological polar surface area (TPSA) is 54.0 Å². The number of anilines is 3. The zero-order chi connectivity index (χ0) is 19.4. The van der Waals surface area contributed by atoms with Gasteiger partial charge < -0.3 is 10.6 Å². The van der Waals surface area contributed by atoms with E-state index >= 15 is 0 Å². The zero-order valence-electron chi connectivity index (χ0n) is 15.0. The van der Waals surface area contributed by atoms with Crippen molar-refractivity contribution in [1.82, 2.24) is 4.98 Å². The molecule has 0 spiro atoms. The Morgan fingerprint density at radius 1 is 1.00 bits per heavy atom. The highest BCUT2D eigenvalue weighted by atomic mass is 19.1. The van der Waals surface area contributed by atoms with E-state index in [2.05, 4.69) is 15.6 Å². The molecule has 0 fully saturated rings. The van der Waals surface area contributed by atoms with Gasteiger partial charge in [-0.15, -0.1) is 0 Å². The number of carbonyl (C=O) groups is 1. The van der Waals surface area contributed by atoms with E-state index < -0.39 is 11.6 Å². The van der Waals surface area contributed by atoms with Gasteiger partial charge in [-0.2, -0.15) is 0 Å². The molecule has 4 nitrogen and oxygen atoms in total. The lowest BCUT2D eigenvalue weighted by Crippen LogP contribution is -2.14. The van der Waals surface area contributed by atoms with Crippen LogP contribution in [0.1, 0.15) is 35.7 Å². The molecule has 3 aromatic rings. The standard InChI is InChI=1S/C21H19F2N3O/c1-13(2)16-6-3-4-9-19(16)26-21(27)14-10-15(12-24-11-14)25-20-17(22)7-5-8-18(20)23/h3-13,25H,1-2H3,(H,26,27). The summed E-state index contributed by atoms with van der Waals surface area (Å²) in [6.45, 7) is 4.08. The quantitative estimate of drug-likeness (QED) is 0.628. The lowest BCUT2D eigenvalue weighted by Gasteiger charge is -2.14. The van der Waals surface area contributed by atoms with Crippen LogP contribution < -0.4 is 10.6 Å². The van der Waals surface area contributed by atoms with Crippen molar-refractivity contribution < 1.29 is 13.6 Å². The van der Waals surface area contributed by atoms with Gasteiger partial charge in [0.25, 0.3) is 5.91 Å². The minimum Gasteiger partial charge on any atom is -0.349 e. The predicted molar refractivity (Wildman–Crippen MR) is 102 cm³/mol. The molecule has 0 atom stereocenters. The Morgan fingerprint density at radius 3 is 2.41 bits per heavy atom. The minimum absolute atomic E-state index is 0.247. The summed E-state index contributed by atoms with van der Waals surface area (Å²) in [6, 6.07) is 12.6. The minimum atomic E-state index is -0.726. The monoisotopic (exact) mass is 367 g/mol. The summed E-state index contributed by atoms with van der Waals surface area (Å²) in [5.74, 6) is -1.56. The maximum Gasteiger partial charge on any atom is 0.257 e. The van der Waals surface area contributed by atoms with E-state index in [9.17, 15) is 13.6 Å². The molecular weight excluding hydrogens is 348 g/mol. The first kappa shape index (κ1) is 18.5. The van der Waals surface area contributed by atoms with Gasteiger partial charge in [0.05, 0.1) is 17.4 Å². The van der Waals surface area contributed by atoms with E-state index in [1.165, 1.54) is 24.5 Å². The Labute approximate surface area is 156 Å². The number of amides is 1. The van der Waals surface area contributed by atoms with Crippen molar-refractivity contribution in [1.29, 1.82) is 0 Å². The molecule has 0 aliphatic heterocycles. The fraction of sp³-hybridized carbons (Fsp3) is 0.143. The smallest absolute Gasteiger partial charge is 0.257 e. The third-order valence-corrected chi connectivity index (χ3v) is 4.06. The molecule has 27 heavy (non-hydrogen) atoms. The first-order valence-electron chi connectivity index (χ1n) is 8.52. The number of nitrogens with one attached hydrogen (secondary N) is 2. The summed E-state index contributed by atoms with van der Waals surface area (Å²) in [6.07, 6.45) is 2.79. The number of halogens is 2. The molecule has 1 amide bonds.